The second kappa shape index (κ2) is 11.0. The average Bonchev–Trinajstić information content (AvgIpc) is 3.10. The number of halogens is 4. The molecule has 3 aromatic carbocycles. The van der Waals surface area contributed by atoms with Crippen molar-refractivity contribution in [2.24, 2.45) is 0 Å². The molecule has 0 spiro atoms. The Morgan fingerprint density at radius 3 is 2.46 bits per heavy atom. The molecule has 4 rings (SSSR count). The molecule has 1 aliphatic heterocycles. The quantitative estimate of drug-likeness (QED) is 0.204. The van der Waals surface area contributed by atoms with Gasteiger partial charge in [-0.1, -0.05) is 29.3 Å². The number of carbonyl (C=O) groups is 2. The van der Waals surface area contributed by atoms with Gasteiger partial charge in [0, 0.05) is 15.6 Å². The second-order valence-corrected chi connectivity index (χ2v) is 11.7. The number of methoxy groups -OCH3 is 1. The van der Waals surface area contributed by atoms with Crippen LogP contribution in [0.3, 0.4) is 0 Å². The smallest absolute Gasteiger partial charge is 0.339 e. The molecule has 37 heavy (non-hydrogen) atoms. The van der Waals surface area contributed by atoms with Crippen LogP contribution in [0.1, 0.15) is 11.1 Å². The van der Waals surface area contributed by atoms with Crippen LogP contribution < -0.4 is 8.92 Å². The lowest BCUT2D eigenvalue weighted by molar-refractivity contribution is -0.123. The number of carbonyl (C=O) groups excluding carboxylic acids is 2. The molecule has 3 aromatic rings. The van der Waals surface area contributed by atoms with Crippen molar-refractivity contribution in [1.29, 1.82) is 0 Å². The number of thioether (sulfide) groups is 1. The molecule has 13 heteroatoms. The van der Waals surface area contributed by atoms with Gasteiger partial charge in [0.25, 0.3) is 11.1 Å². The van der Waals surface area contributed by atoms with Crippen LogP contribution in [0.5, 0.6) is 11.5 Å². The average molecular weight is 647 g/mol. The summed E-state index contributed by atoms with van der Waals surface area (Å²) >= 11 is 15.8. The molecule has 192 valence electrons. The number of imide groups is 1. The van der Waals surface area contributed by atoms with E-state index in [1.807, 2.05) is 0 Å². The van der Waals surface area contributed by atoms with Gasteiger partial charge in [0.1, 0.15) is 10.7 Å². The number of nitrogens with zero attached hydrogens (tertiary/aromatic N) is 1. The van der Waals surface area contributed by atoms with Gasteiger partial charge < -0.3 is 8.92 Å². The van der Waals surface area contributed by atoms with E-state index in [1.165, 1.54) is 67.8 Å². The first-order valence-corrected chi connectivity index (χ1v) is 14.0. The van der Waals surface area contributed by atoms with Crippen LogP contribution in [-0.4, -0.2) is 31.6 Å². The van der Waals surface area contributed by atoms with Crippen molar-refractivity contribution in [3.8, 4) is 11.5 Å². The van der Waals surface area contributed by atoms with Crippen molar-refractivity contribution in [2.75, 3.05) is 7.11 Å². The van der Waals surface area contributed by atoms with E-state index < -0.39 is 27.1 Å². The van der Waals surface area contributed by atoms with Gasteiger partial charge in [0.2, 0.25) is 0 Å². The highest BCUT2D eigenvalue weighted by molar-refractivity contribution is 9.10. The Bertz CT molecular complexity index is 1530. The van der Waals surface area contributed by atoms with E-state index in [0.29, 0.717) is 22.3 Å². The Morgan fingerprint density at radius 1 is 1.11 bits per heavy atom. The maximum absolute atomic E-state index is 14.2. The number of rotatable bonds is 7. The maximum Gasteiger partial charge on any atom is 0.339 e. The Labute approximate surface area is 234 Å². The van der Waals surface area contributed by atoms with Crippen molar-refractivity contribution in [3.63, 3.8) is 0 Å². The number of amides is 2. The van der Waals surface area contributed by atoms with Crippen LogP contribution in [0.15, 0.2) is 68.9 Å². The van der Waals surface area contributed by atoms with Gasteiger partial charge in [-0.2, -0.15) is 8.42 Å². The summed E-state index contributed by atoms with van der Waals surface area (Å²) < 4.78 is 50.5. The molecule has 1 fully saturated rings. The van der Waals surface area contributed by atoms with E-state index >= 15 is 0 Å². The van der Waals surface area contributed by atoms with Gasteiger partial charge in [-0.05, 0) is 87.9 Å². The third-order valence-electron chi connectivity index (χ3n) is 5.10. The zero-order valence-electron chi connectivity index (χ0n) is 18.7. The largest absolute Gasteiger partial charge is 0.493 e. The molecule has 2 amide bonds. The summed E-state index contributed by atoms with van der Waals surface area (Å²) in [7, 11) is -2.90. The Balaban J connectivity index is 1.61. The monoisotopic (exact) mass is 645 g/mol. The predicted octanol–water partition coefficient (Wildman–Crippen LogP) is 6.91. The first-order chi connectivity index (χ1) is 17.5. The van der Waals surface area contributed by atoms with Crippen LogP contribution in [0, 0.1) is 5.82 Å². The summed E-state index contributed by atoms with van der Waals surface area (Å²) in [6, 6.07) is 12.5. The molecular formula is C24H15BrCl2FNO6S2. The molecule has 0 atom stereocenters. The zero-order valence-corrected chi connectivity index (χ0v) is 23.4. The van der Waals surface area contributed by atoms with Gasteiger partial charge in [-0.3, -0.25) is 14.5 Å². The fourth-order valence-electron chi connectivity index (χ4n) is 3.29. The highest BCUT2D eigenvalue weighted by atomic mass is 79.9. The third kappa shape index (κ3) is 5.96. The number of hydrogen-bond acceptors (Lipinski definition) is 7. The molecule has 7 nitrogen and oxygen atoms in total. The van der Waals surface area contributed by atoms with Crippen molar-refractivity contribution in [1.82, 2.24) is 4.90 Å². The minimum Gasteiger partial charge on any atom is -0.493 e. The SMILES string of the molecule is COc1cc(/C=C2\SC(=O)N(Cc3c(F)cccc3Cl)C2=O)cc(Br)c1OS(=O)(=O)c1ccc(Cl)cc1. The summed E-state index contributed by atoms with van der Waals surface area (Å²) in [5.74, 6) is -1.32. The highest BCUT2D eigenvalue weighted by Gasteiger charge is 2.36. The van der Waals surface area contributed by atoms with Crippen LogP contribution in [0.4, 0.5) is 9.18 Å². The fraction of sp³-hybridized carbons (Fsp3) is 0.0833. The Hall–Kier alpha value is -2.57. The first-order valence-electron chi connectivity index (χ1n) is 10.3. The molecule has 0 radical (unpaired) electrons. The number of ether oxygens (including phenoxy) is 1. The van der Waals surface area contributed by atoms with Crippen molar-refractivity contribution < 1.29 is 31.3 Å². The van der Waals surface area contributed by atoms with Gasteiger partial charge >= 0.3 is 10.1 Å². The molecule has 0 saturated carbocycles. The molecule has 0 N–H and O–H groups in total. The lowest BCUT2D eigenvalue weighted by atomic mass is 10.1. The summed E-state index contributed by atoms with van der Waals surface area (Å²) in [4.78, 5) is 26.3. The van der Waals surface area contributed by atoms with E-state index in [2.05, 4.69) is 15.9 Å². The summed E-state index contributed by atoms with van der Waals surface area (Å²) in [6.45, 7) is -0.324. The van der Waals surface area contributed by atoms with Gasteiger partial charge in [0.15, 0.2) is 11.5 Å². The van der Waals surface area contributed by atoms with E-state index in [0.717, 1.165) is 4.90 Å². The zero-order chi connectivity index (χ0) is 26.9. The number of hydrogen-bond donors (Lipinski definition) is 0. The van der Waals surface area contributed by atoms with Crippen molar-refractivity contribution >= 4 is 78.2 Å². The minimum absolute atomic E-state index is 0.0283. The van der Waals surface area contributed by atoms with Gasteiger partial charge in [-0.25, -0.2) is 4.39 Å². The van der Waals surface area contributed by atoms with Gasteiger partial charge in [0.05, 0.1) is 23.0 Å². The van der Waals surface area contributed by atoms with E-state index in [-0.39, 0.29) is 42.9 Å². The third-order valence-corrected chi connectivity index (χ3v) is 8.43. The standard InChI is InChI=1S/C24H15BrCl2FNO6S2/c1-34-20-10-13(9-17(25)22(20)35-37(32,33)15-7-5-14(26)6-8-15)11-21-23(30)29(24(31)36-21)12-16-18(27)3-2-4-19(16)28/h2-11H,12H2,1H3/b21-11-. The Morgan fingerprint density at radius 2 is 1.81 bits per heavy atom. The van der Waals surface area contributed by atoms with Crippen LogP contribution >= 0.6 is 50.9 Å². The predicted molar refractivity (Wildman–Crippen MR) is 143 cm³/mol. The van der Waals surface area contributed by atoms with Crippen LogP contribution in [-0.2, 0) is 21.5 Å². The molecule has 0 aliphatic carbocycles. The summed E-state index contributed by atoms with van der Waals surface area (Å²) in [5.41, 5.74) is 0.440. The molecule has 1 heterocycles. The van der Waals surface area contributed by atoms with Crippen LogP contribution in [0.25, 0.3) is 6.08 Å². The minimum atomic E-state index is -4.22. The lowest BCUT2D eigenvalue weighted by Crippen LogP contribution is -2.28. The van der Waals surface area contributed by atoms with E-state index in [1.54, 1.807) is 0 Å². The summed E-state index contributed by atoms with van der Waals surface area (Å²) in [5, 5.41) is -0.125. The molecule has 0 aromatic heterocycles. The first kappa shape index (κ1) is 27.5. The molecule has 1 saturated heterocycles. The lowest BCUT2D eigenvalue weighted by Gasteiger charge is -2.14. The fourth-order valence-corrected chi connectivity index (χ4v) is 6.08. The normalized spacial score (nSPS) is 14.9. The highest BCUT2D eigenvalue weighted by Crippen LogP contribution is 2.41. The van der Waals surface area contributed by atoms with Crippen molar-refractivity contribution in [2.45, 2.75) is 11.4 Å². The van der Waals surface area contributed by atoms with Crippen molar-refractivity contribution in [3.05, 3.63) is 91.0 Å². The summed E-state index contributed by atoms with van der Waals surface area (Å²) in [6.07, 6.45) is 1.43. The molecular weight excluding hydrogens is 632 g/mol. The molecule has 0 unspecified atom stereocenters. The second-order valence-electron chi connectivity index (χ2n) is 7.49. The topological polar surface area (TPSA) is 90.0 Å². The Kier molecular flexibility index (Phi) is 8.20. The van der Waals surface area contributed by atoms with E-state index in [4.69, 9.17) is 32.1 Å². The maximum atomic E-state index is 14.2. The number of benzene rings is 3. The van der Waals surface area contributed by atoms with Gasteiger partial charge in [-0.15, -0.1) is 0 Å². The molecule has 0 bridgehead atoms. The van der Waals surface area contributed by atoms with Crippen LogP contribution in [0.2, 0.25) is 10.0 Å². The molecule has 1 aliphatic rings. The van der Waals surface area contributed by atoms with E-state index in [9.17, 15) is 22.4 Å².